The molecule has 0 unspecified atom stereocenters. The molecule has 0 heterocycles. The lowest BCUT2D eigenvalue weighted by molar-refractivity contribution is -0.384. The summed E-state index contributed by atoms with van der Waals surface area (Å²) in [6.07, 6.45) is -0.123. The number of rotatable bonds is 7. The zero-order valence-corrected chi connectivity index (χ0v) is 11.8. The highest BCUT2D eigenvalue weighted by atomic mass is 16.6. The van der Waals surface area contributed by atoms with Crippen molar-refractivity contribution in [2.45, 2.75) is 13.3 Å². The van der Waals surface area contributed by atoms with Crippen LogP contribution in [0, 0.1) is 10.1 Å². The van der Waals surface area contributed by atoms with Gasteiger partial charge in [-0.05, 0) is 19.1 Å². The molecule has 0 radical (unpaired) electrons. The number of anilines is 1. The van der Waals surface area contributed by atoms with Gasteiger partial charge in [0.2, 0.25) is 0 Å². The van der Waals surface area contributed by atoms with Crippen molar-refractivity contribution in [3.63, 3.8) is 0 Å². The molecule has 0 spiro atoms. The number of hydrogen-bond acceptors (Lipinski definition) is 5. The highest BCUT2D eigenvalue weighted by molar-refractivity contribution is 5.95. The van der Waals surface area contributed by atoms with Crippen LogP contribution in [0.2, 0.25) is 0 Å². The summed E-state index contributed by atoms with van der Waals surface area (Å²) in [7, 11) is 1.44. The molecule has 0 aliphatic heterocycles. The maximum Gasteiger partial charge on any atom is 0.305 e. The molecular weight excluding hydrogens is 278 g/mol. The number of carbonyl (C=O) groups excluding carboxylic acids is 1. The van der Waals surface area contributed by atoms with E-state index in [1.54, 1.807) is 11.8 Å². The molecule has 0 atom stereocenters. The summed E-state index contributed by atoms with van der Waals surface area (Å²) in [6.45, 7) is 2.36. The van der Waals surface area contributed by atoms with E-state index in [1.165, 1.54) is 25.2 Å². The lowest BCUT2D eigenvalue weighted by atomic mass is 10.1. The molecule has 0 saturated carbocycles. The molecule has 21 heavy (non-hydrogen) atoms. The van der Waals surface area contributed by atoms with E-state index in [0.717, 1.165) is 0 Å². The monoisotopic (exact) mass is 295 g/mol. The SMILES string of the molecule is CCN(CCC(=O)O)c1ccc(C(=O)NC)cc1[N+](=O)[O-]. The number of amides is 1. The van der Waals surface area contributed by atoms with Crippen molar-refractivity contribution < 1.29 is 19.6 Å². The second-order valence-electron chi connectivity index (χ2n) is 4.26. The third-order valence-corrected chi connectivity index (χ3v) is 2.98. The van der Waals surface area contributed by atoms with Crippen molar-refractivity contribution in [3.05, 3.63) is 33.9 Å². The molecule has 1 amide bonds. The molecule has 0 aliphatic rings. The molecular formula is C13H17N3O5. The second-order valence-corrected chi connectivity index (χ2v) is 4.26. The Bertz CT molecular complexity index is 559. The van der Waals surface area contributed by atoms with Crippen LogP contribution in [0.5, 0.6) is 0 Å². The first-order valence-corrected chi connectivity index (χ1v) is 6.38. The average Bonchev–Trinajstić information content (AvgIpc) is 2.46. The van der Waals surface area contributed by atoms with Gasteiger partial charge in [0, 0.05) is 31.8 Å². The molecule has 8 heteroatoms. The van der Waals surface area contributed by atoms with Crippen LogP contribution < -0.4 is 10.2 Å². The fraction of sp³-hybridized carbons (Fsp3) is 0.385. The normalized spacial score (nSPS) is 10.0. The molecule has 0 aliphatic carbocycles. The largest absolute Gasteiger partial charge is 0.481 e. The summed E-state index contributed by atoms with van der Waals surface area (Å²) in [6, 6.07) is 4.14. The Kier molecular flexibility index (Phi) is 5.65. The van der Waals surface area contributed by atoms with Crippen molar-refractivity contribution in [1.82, 2.24) is 5.32 Å². The number of carbonyl (C=O) groups is 2. The van der Waals surface area contributed by atoms with E-state index in [4.69, 9.17) is 5.11 Å². The predicted molar refractivity (Wildman–Crippen MR) is 76.6 cm³/mol. The van der Waals surface area contributed by atoms with Crippen molar-refractivity contribution >= 4 is 23.3 Å². The van der Waals surface area contributed by atoms with E-state index >= 15 is 0 Å². The molecule has 1 rings (SSSR count). The number of nitro groups is 1. The highest BCUT2D eigenvalue weighted by Gasteiger charge is 2.21. The van der Waals surface area contributed by atoms with Gasteiger partial charge in [0.15, 0.2) is 0 Å². The minimum atomic E-state index is -0.974. The number of carboxylic acids is 1. The minimum Gasteiger partial charge on any atom is -0.481 e. The Morgan fingerprint density at radius 2 is 2.10 bits per heavy atom. The molecule has 1 aromatic carbocycles. The molecule has 0 aromatic heterocycles. The summed E-state index contributed by atoms with van der Waals surface area (Å²) >= 11 is 0. The second kappa shape index (κ2) is 7.22. The maximum atomic E-state index is 11.5. The van der Waals surface area contributed by atoms with Crippen molar-refractivity contribution in [2.75, 3.05) is 25.0 Å². The fourth-order valence-corrected chi connectivity index (χ4v) is 1.90. The van der Waals surface area contributed by atoms with Gasteiger partial charge in [-0.25, -0.2) is 0 Å². The lowest BCUT2D eigenvalue weighted by Crippen LogP contribution is -2.27. The summed E-state index contributed by atoms with van der Waals surface area (Å²) in [4.78, 5) is 34.4. The predicted octanol–water partition coefficient (Wildman–Crippen LogP) is 1.26. The van der Waals surface area contributed by atoms with Gasteiger partial charge < -0.3 is 15.3 Å². The number of nitro benzene ring substituents is 1. The first-order valence-electron chi connectivity index (χ1n) is 6.38. The Balaban J connectivity index is 3.17. The van der Waals surface area contributed by atoms with Crippen LogP contribution >= 0.6 is 0 Å². The van der Waals surface area contributed by atoms with Crippen LogP contribution in [-0.2, 0) is 4.79 Å². The molecule has 0 fully saturated rings. The number of aliphatic carboxylic acids is 1. The minimum absolute atomic E-state index is 0.123. The Labute approximate surface area is 121 Å². The zero-order valence-electron chi connectivity index (χ0n) is 11.8. The number of nitrogens with one attached hydrogen (secondary N) is 1. The third kappa shape index (κ3) is 4.16. The fourth-order valence-electron chi connectivity index (χ4n) is 1.90. The molecule has 1 aromatic rings. The van der Waals surface area contributed by atoms with Crippen LogP contribution in [0.4, 0.5) is 11.4 Å². The molecule has 2 N–H and O–H groups in total. The summed E-state index contributed by atoms with van der Waals surface area (Å²) in [5.41, 5.74) is 0.266. The summed E-state index contributed by atoms with van der Waals surface area (Å²) in [5.74, 6) is -1.39. The first kappa shape index (κ1) is 16.4. The van der Waals surface area contributed by atoms with Gasteiger partial charge in [0.1, 0.15) is 5.69 Å². The number of hydrogen-bond donors (Lipinski definition) is 2. The summed E-state index contributed by atoms with van der Waals surface area (Å²) in [5, 5.41) is 22.3. The van der Waals surface area contributed by atoms with Crippen molar-refractivity contribution in [2.24, 2.45) is 0 Å². The average molecular weight is 295 g/mol. The van der Waals surface area contributed by atoms with Gasteiger partial charge >= 0.3 is 5.97 Å². The van der Waals surface area contributed by atoms with Crippen molar-refractivity contribution in [1.29, 1.82) is 0 Å². The number of carboxylic acid groups (broad SMARTS) is 1. The van der Waals surface area contributed by atoms with E-state index in [2.05, 4.69) is 5.32 Å². The molecule has 0 bridgehead atoms. The van der Waals surface area contributed by atoms with E-state index in [9.17, 15) is 19.7 Å². The van der Waals surface area contributed by atoms with Gasteiger partial charge in [-0.2, -0.15) is 0 Å². The van der Waals surface area contributed by atoms with Crippen molar-refractivity contribution in [3.8, 4) is 0 Å². The molecule has 0 saturated heterocycles. The van der Waals surface area contributed by atoms with Crippen LogP contribution in [-0.4, -0.2) is 42.0 Å². The zero-order chi connectivity index (χ0) is 16.0. The van der Waals surface area contributed by atoms with E-state index in [1.807, 2.05) is 0 Å². The van der Waals surface area contributed by atoms with Crippen LogP contribution in [0.25, 0.3) is 0 Å². The summed E-state index contributed by atoms with van der Waals surface area (Å²) < 4.78 is 0. The standard InChI is InChI=1S/C13H17N3O5/c1-3-15(7-6-12(17)18)10-5-4-9(13(19)14-2)8-11(10)16(20)21/h4-5,8H,3,6-7H2,1-2H3,(H,14,19)(H,17,18). The van der Waals surface area contributed by atoms with Gasteiger partial charge in [-0.3, -0.25) is 19.7 Å². The molecule has 114 valence electrons. The van der Waals surface area contributed by atoms with E-state index < -0.39 is 16.8 Å². The first-order chi connectivity index (χ1) is 9.90. The smallest absolute Gasteiger partial charge is 0.305 e. The van der Waals surface area contributed by atoms with E-state index in [-0.39, 0.29) is 24.2 Å². The van der Waals surface area contributed by atoms with Gasteiger partial charge in [0.25, 0.3) is 11.6 Å². The van der Waals surface area contributed by atoms with Gasteiger partial charge in [0.05, 0.1) is 11.3 Å². The van der Waals surface area contributed by atoms with Crippen LogP contribution in [0.3, 0.4) is 0 Å². The quantitative estimate of drug-likeness (QED) is 0.578. The van der Waals surface area contributed by atoms with Crippen LogP contribution in [0.1, 0.15) is 23.7 Å². The van der Waals surface area contributed by atoms with E-state index in [0.29, 0.717) is 12.2 Å². The molecule has 8 nitrogen and oxygen atoms in total. The third-order valence-electron chi connectivity index (χ3n) is 2.98. The Morgan fingerprint density at radius 3 is 2.57 bits per heavy atom. The van der Waals surface area contributed by atoms with Gasteiger partial charge in [-0.1, -0.05) is 0 Å². The number of benzene rings is 1. The highest BCUT2D eigenvalue weighted by Crippen LogP contribution is 2.29. The maximum absolute atomic E-state index is 11.5. The Hall–Kier alpha value is -2.64. The number of nitrogens with zero attached hydrogens (tertiary/aromatic N) is 2. The lowest BCUT2D eigenvalue weighted by Gasteiger charge is -2.22. The Morgan fingerprint density at radius 1 is 1.43 bits per heavy atom. The van der Waals surface area contributed by atoms with Gasteiger partial charge in [-0.15, -0.1) is 0 Å². The topological polar surface area (TPSA) is 113 Å². The van der Waals surface area contributed by atoms with Crippen LogP contribution in [0.15, 0.2) is 18.2 Å².